The van der Waals surface area contributed by atoms with Gasteiger partial charge in [0, 0.05) is 6.54 Å². The van der Waals surface area contributed by atoms with Crippen LogP contribution in [0.25, 0.3) is 0 Å². The average Bonchev–Trinajstić information content (AvgIpc) is 2.70. The first kappa shape index (κ1) is 23.7. The topological polar surface area (TPSA) is 75.4 Å². The Morgan fingerprint density at radius 3 is 2.04 bits per heavy atom. The van der Waals surface area contributed by atoms with Crippen LogP contribution in [-0.2, 0) is 16.1 Å². The van der Waals surface area contributed by atoms with Crippen LogP contribution in [0.5, 0.6) is 0 Å². The number of carbonyl (C=O) groups is 2. The third kappa shape index (κ3) is 6.66. The Morgan fingerprint density at radius 2 is 1.50 bits per heavy atom. The van der Waals surface area contributed by atoms with Crippen molar-refractivity contribution >= 4 is 24.2 Å². The zero-order chi connectivity index (χ0) is 19.8. The van der Waals surface area contributed by atoms with Crippen molar-refractivity contribution in [3.05, 3.63) is 71.8 Å². The van der Waals surface area contributed by atoms with Crippen LogP contribution in [0.15, 0.2) is 60.7 Å². The molecule has 3 N–H and O–H groups in total. The van der Waals surface area contributed by atoms with Crippen LogP contribution < -0.4 is 11.1 Å². The number of nitrogens with zero attached hydrogens (tertiary/aromatic N) is 1. The Morgan fingerprint density at radius 1 is 0.964 bits per heavy atom. The fourth-order valence-electron chi connectivity index (χ4n) is 2.82. The monoisotopic (exact) mass is 403 g/mol. The molecule has 0 aliphatic carbocycles. The second kappa shape index (κ2) is 11.5. The molecule has 0 radical (unpaired) electrons. The molecule has 5 nitrogen and oxygen atoms in total. The molecule has 0 fully saturated rings. The van der Waals surface area contributed by atoms with Gasteiger partial charge in [-0.1, -0.05) is 74.5 Å². The van der Waals surface area contributed by atoms with E-state index in [0.29, 0.717) is 6.54 Å². The molecule has 0 aliphatic rings. The lowest BCUT2D eigenvalue weighted by Crippen LogP contribution is -2.48. The summed E-state index contributed by atoms with van der Waals surface area (Å²) in [7, 11) is 0. The van der Waals surface area contributed by atoms with Gasteiger partial charge in [-0.2, -0.15) is 0 Å². The number of amides is 2. The summed E-state index contributed by atoms with van der Waals surface area (Å²) in [5, 5.41) is 2.68. The fraction of sp³-hybridized carbons (Fsp3) is 0.364. The van der Waals surface area contributed by atoms with E-state index < -0.39 is 6.04 Å². The van der Waals surface area contributed by atoms with Gasteiger partial charge in [0.05, 0.1) is 18.6 Å². The first-order valence-corrected chi connectivity index (χ1v) is 9.31. The van der Waals surface area contributed by atoms with Crippen molar-refractivity contribution in [2.24, 2.45) is 11.7 Å². The second-order valence-corrected chi connectivity index (χ2v) is 7.08. The molecule has 2 amide bonds. The van der Waals surface area contributed by atoms with Crippen LogP contribution in [0.3, 0.4) is 0 Å². The lowest BCUT2D eigenvalue weighted by Gasteiger charge is -2.30. The summed E-state index contributed by atoms with van der Waals surface area (Å²) in [6.07, 6.45) is 0. The van der Waals surface area contributed by atoms with Gasteiger partial charge in [0.15, 0.2) is 0 Å². The second-order valence-electron chi connectivity index (χ2n) is 7.08. The third-order valence-corrected chi connectivity index (χ3v) is 4.70. The van der Waals surface area contributed by atoms with Crippen molar-refractivity contribution in [1.82, 2.24) is 10.2 Å². The highest BCUT2D eigenvalue weighted by Crippen LogP contribution is 2.22. The molecule has 2 atom stereocenters. The van der Waals surface area contributed by atoms with Crippen molar-refractivity contribution in [1.29, 1.82) is 0 Å². The summed E-state index contributed by atoms with van der Waals surface area (Å²) < 4.78 is 0. The van der Waals surface area contributed by atoms with Crippen LogP contribution in [0.2, 0.25) is 0 Å². The van der Waals surface area contributed by atoms with E-state index in [-0.39, 0.29) is 42.7 Å². The van der Waals surface area contributed by atoms with Crippen LogP contribution in [-0.4, -0.2) is 29.3 Å². The Kier molecular flexibility index (Phi) is 9.69. The van der Waals surface area contributed by atoms with E-state index in [1.54, 1.807) is 4.90 Å². The molecule has 0 spiro atoms. The molecule has 152 valence electrons. The number of hydrogen-bond acceptors (Lipinski definition) is 3. The maximum absolute atomic E-state index is 12.9. The van der Waals surface area contributed by atoms with Gasteiger partial charge >= 0.3 is 0 Å². The number of nitrogens with one attached hydrogen (secondary N) is 1. The molecule has 28 heavy (non-hydrogen) atoms. The minimum absolute atomic E-state index is 0. The highest BCUT2D eigenvalue weighted by Gasteiger charge is 2.23. The molecule has 0 saturated heterocycles. The lowest BCUT2D eigenvalue weighted by atomic mass is 10.0. The van der Waals surface area contributed by atoms with Crippen molar-refractivity contribution in [3.8, 4) is 0 Å². The Balaban J connectivity index is 0.00000392. The minimum Gasteiger partial charge on any atom is -0.346 e. The zero-order valence-electron chi connectivity index (χ0n) is 16.7. The fourth-order valence-corrected chi connectivity index (χ4v) is 2.82. The number of carbonyl (C=O) groups excluding carboxylic acids is 2. The zero-order valence-corrected chi connectivity index (χ0v) is 17.5. The molecule has 0 aliphatic heterocycles. The highest BCUT2D eigenvalue weighted by atomic mass is 35.5. The predicted molar refractivity (Wildman–Crippen MR) is 115 cm³/mol. The average molecular weight is 404 g/mol. The summed E-state index contributed by atoms with van der Waals surface area (Å²) >= 11 is 0. The van der Waals surface area contributed by atoms with E-state index in [2.05, 4.69) is 5.32 Å². The molecule has 6 heteroatoms. The molecule has 0 saturated carbocycles. The number of benzene rings is 2. The van der Waals surface area contributed by atoms with Gasteiger partial charge in [-0.05, 0) is 24.0 Å². The standard InChI is InChI=1S/C22H29N3O2.ClH/c1-16(2)21(23)22(27)24-14-20(26)25(15-18-10-6-4-7-11-18)17(3)19-12-8-5-9-13-19;/h4-13,16-17,21H,14-15,23H2,1-3H3,(H,24,27);1H/t17?,21-;/m0./s1. The summed E-state index contributed by atoms with van der Waals surface area (Å²) in [5.41, 5.74) is 7.95. The van der Waals surface area contributed by atoms with E-state index >= 15 is 0 Å². The molecule has 2 aromatic rings. The van der Waals surface area contributed by atoms with Crippen molar-refractivity contribution in [2.45, 2.75) is 39.4 Å². The van der Waals surface area contributed by atoms with Crippen molar-refractivity contribution in [2.75, 3.05) is 6.54 Å². The van der Waals surface area contributed by atoms with Gasteiger partial charge < -0.3 is 16.0 Å². The molecule has 0 bridgehead atoms. The van der Waals surface area contributed by atoms with E-state index in [0.717, 1.165) is 11.1 Å². The van der Waals surface area contributed by atoms with Gasteiger partial charge in [0.25, 0.3) is 0 Å². The van der Waals surface area contributed by atoms with Crippen LogP contribution in [0.1, 0.15) is 37.9 Å². The van der Waals surface area contributed by atoms with Gasteiger partial charge in [0.2, 0.25) is 11.8 Å². The number of halogens is 1. The maximum Gasteiger partial charge on any atom is 0.242 e. The molecule has 0 aromatic heterocycles. The SMILES string of the molecule is CC(C)[C@H](N)C(=O)NCC(=O)N(Cc1ccccc1)C(C)c1ccccc1.Cl. The molecule has 1 unspecified atom stereocenters. The van der Waals surface area contributed by atoms with Crippen LogP contribution >= 0.6 is 12.4 Å². The van der Waals surface area contributed by atoms with Gasteiger partial charge in [-0.15, -0.1) is 12.4 Å². The quantitative estimate of drug-likeness (QED) is 0.710. The number of hydrogen-bond donors (Lipinski definition) is 2. The summed E-state index contributed by atoms with van der Waals surface area (Å²) in [5.74, 6) is -0.423. The van der Waals surface area contributed by atoms with Crippen LogP contribution in [0, 0.1) is 5.92 Å². The van der Waals surface area contributed by atoms with Crippen molar-refractivity contribution < 1.29 is 9.59 Å². The third-order valence-electron chi connectivity index (χ3n) is 4.70. The van der Waals surface area contributed by atoms with Gasteiger partial charge in [0.1, 0.15) is 0 Å². The summed E-state index contributed by atoms with van der Waals surface area (Å²) in [6.45, 7) is 6.17. The van der Waals surface area contributed by atoms with E-state index in [9.17, 15) is 9.59 Å². The number of rotatable bonds is 8. The van der Waals surface area contributed by atoms with Crippen molar-refractivity contribution in [3.63, 3.8) is 0 Å². The summed E-state index contributed by atoms with van der Waals surface area (Å²) in [4.78, 5) is 26.8. The van der Waals surface area contributed by atoms with E-state index in [1.807, 2.05) is 81.4 Å². The Hall–Kier alpha value is -2.37. The highest BCUT2D eigenvalue weighted by molar-refractivity contribution is 5.87. The normalized spacial score (nSPS) is 12.6. The molecule has 2 rings (SSSR count). The summed E-state index contributed by atoms with van der Waals surface area (Å²) in [6, 6.07) is 19.0. The maximum atomic E-state index is 12.9. The smallest absolute Gasteiger partial charge is 0.242 e. The molecule has 2 aromatic carbocycles. The largest absolute Gasteiger partial charge is 0.346 e. The molecular formula is C22H30ClN3O2. The van der Waals surface area contributed by atoms with Gasteiger partial charge in [-0.25, -0.2) is 0 Å². The molecular weight excluding hydrogens is 374 g/mol. The number of nitrogens with two attached hydrogens (primary N) is 1. The first-order valence-electron chi connectivity index (χ1n) is 9.31. The minimum atomic E-state index is -0.619. The lowest BCUT2D eigenvalue weighted by molar-refractivity contribution is -0.135. The predicted octanol–water partition coefficient (Wildman–Crippen LogP) is 3.30. The van der Waals surface area contributed by atoms with E-state index in [4.69, 9.17) is 5.73 Å². The Labute approximate surface area is 173 Å². The van der Waals surface area contributed by atoms with Crippen LogP contribution in [0.4, 0.5) is 0 Å². The Bertz CT molecular complexity index is 738. The van der Waals surface area contributed by atoms with Gasteiger partial charge in [-0.3, -0.25) is 9.59 Å². The first-order chi connectivity index (χ1) is 12.9. The molecule has 0 heterocycles. The van der Waals surface area contributed by atoms with E-state index in [1.165, 1.54) is 0 Å².